The van der Waals surface area contributed by atoms with E-state index < -0.39 is 0 Å². The number of carbonyl (C=O) groups is 1. The molecule has 32 heavy (non-hydrogen) atoms. The van der Waals surface area contributed by atoms with Crippen LogP contribution in [0.3, 0.4) is 0 Å². The van der Waals surface area contributed by atoms with Gasteiger partial charge in [0.15, 0.2) is 0 Å². The second-order valence-corrected chi connectivity index (χ2v) is 8.83. The van der Waals surface area contributed by atoms with Crippen LogP contribution in [0.4, 0.5) is 11.5 Å². The zero-order chi connectivity index (χ0) is 21.9. The van der Waals surface area contributed by atoms with Gasteiger partial charge in [-0.25, -0.2) is 9.97 Å². The van der Waals surface area contributed by atoms with Gasteiger partial charge in [-0.05, 0) is 30.0 Å². The van der Waals surface area contributed by atoms with Crippen molar-refractivity contribution in [2.24, 2.45) is 0 Å². The quantitative estimate of drug-likeness (QED) is 0.492. The molecular formula is C25H25N5OS. The number of piperazine rings is 1. The lowest BCUT2D eigenvalue weighted by atomic mass is 10.0. The number of carbonyl (C=O) groups excluding carboxylic acids is 1. The third-order valence-corrected chi connectivity index (χ3v) is 6.87. The van der Waals surface area contributed by atoms with Crippen molar-refractivity contribution in [3.8, 4) is 11.1 Å². The van der Waals surface area contributed by atoms with Gasteiger partial charge in [0.1, 0.15) is 17.0 Å². The average Bonchev–Trinajstić information content (AvgIpc) is 3.34. The number of rotatable bonds is 5. The van der Waals surface area contributed by atoms with Gasteiger partial charge < -0.3 is 10.2 Å². The number of para-hydroxylation sites is 1. The highest BCUT2D eigenvalue weighted by atomic mass is 32.1. The second-order valence-electron chi connectivity index (χ2n) is 7.94. The van der Waals surface area contributed by atoms with E-state index in [2.05, 4.69) is 48.7 Å². The van der Waals surface area contributed by atoms with E-state index in [1.807, 2.05) is 49.4 Å². The number of anilines is 2. The fraction of sp³-hybridized carbons (Fsp3) is 0.240. The first-order valence-corrected chi connectivity index (χ1v) is 11.7. The van der Waals surface area contributed by atoms with Gasteiger partial charge in [-0.2, -0.15) is 0 Å². The first-order chi connectivity index (χ1) is 15.7. The average molecular weight is 444 g/mol. The summed E-state index contributed by atoms with van der Waals surface area (Å²) in [5.74, 6) is 1.01. The summed E-state index contributed by atoms with van der Waals surface area (Å²) in [6.45, 7) is 5.27. The van der Waals surface area contributed by atoms with Gasteiger partial charge in [0.2, 0.25) is 5.91 Å². The predicted molar refractivity (Wildman–Crippen MR) is 131 cm³/mol. The van der Waals surface area contributed by atoms with E-state index in [9.17, 15) is 4.79 Å². The molecule has 1 aliphatic rings. The zero-order valence-corrected chi connectivity index (χ0v) is 18.8. The van der Waals surface area contributed by atoms with Crippen LogP contribution in [0.2, 0.25) is 0 Å². The van der Waals surface area contributed by atoms with Gasteiger partial charge in [-0.1, -0.05) is 48.5 Å². The minimum Gasteiger partial charge on any atom is -0.353 e. The van der Waals surface area contributed by atoms with Gasteiger partial charge in [0.05, 0.1) is 11.4 Å². The number of aromatic nitrogens is 2. The minimum absolute atomic E-state index is 0.0177. The van der Waals surface area contributed by atoms with Crippen LogP contribution in [-0.4, -0.2) is 53.0 Å². The molecule has 6 nitrogen and oxygen atoms in total. The van der Waals surface area contributed by atoms with Gasteiger partial charge >= 0.3 is 0 Å². The van der Waals surface area contributed by atoms with Crippen LogP contribution in [0.1, 0.15) is 6.92 Å². The summed E-state index contributed by atoms with van der Waals surface area (Å²) in [7, 11) is 0. The molecule has 1 amide bonds. The summed E-state index contributed by atoms with van der Waals surface area (Å²) in [4.78, 5) is 27.5. The number of hydrogen-bond acceptors (Lipinski definition) is 6. The van der Waals surface area contributed by atoms with Crippen LogP contribution in [0, 0.1) is 0 Å². The van der Waals surface area contributed by atoms with E-state index in [0.717, 1.165) is 59.0 Å². The molecule has 1 aliphatic heterocycles. The minimum atomic E-state index is -0.215. The summed E-state index contributed by atoms with van der Waals surface area (Å²) in [5.41, 5.74) is 2.96. The number of hydrogen-bond donors (Lipinski definition) is 1. The van der Waals surface area contributed by atoms with Gasteiger partial charge in [0.25, 0.3) is 0 Å². The summed E-state index contributed by atoms with van der Waals surface area (Å²) >= 11 is 1.63. The van der Waals surface area contributed by atoms with Crippen LogP contribution in [0.5, 0.6) is 0 Å². The highest BCUT2D eigenvalue weighted by Gasteiger charge is 2.27. The largest absolute Gasteiger partial charge is 0.353 e. The van der Waals surface area contributed by atoms with Crippen molar-refractivity contribution >= 4 is 39.0 Å². The molecule has 0 aliphatic carbocycles. The molecule has 2 aromatic heterocycles. The van der Waals surface area contributed by atoms with E-state index in [1.54, 1.807) is 17.7 Å². The number of thiophene rings is 1. The number of benzene rings is 2. The molecule has 162 valence electrons. The van der Waals surface area contributed by atoms with Crippen molar-refractivity contribution < 1.29 is 4.79 Å². The Morgan fingerprint density at radius 3 is 2.53 bits per heavy atom. The highest BCUT2D eigenvalue weighted by molar-refractivity contribution is 7.16. The van der Waals surface area contributed by atoms with Crippen LogP contribution in [0.25, 0.3) is 21.3 Å². The van der Waals surface area contributed by atoms with Crippen molar-refractivity contribution in [2.45, 2.75) is 13.0 Å². The molecule has 0 saturated carbocycles. The smallest absolute Gasteiger partial charge is 0.241 e. The molecule has 0 spiro atoms. The Kier molecular flexibility index (Phi) is 5.83. The fourth-order valence-electron chi connectivity index (χ4n) is 4.21. The van der Waals surface area contributed by atoms with Crippen molar-refractivity contribution in [2.75, 3.05) is 36.4 Å². The van der Waals surface area contributed by atoms with Gasteiger partial charge in [-0.15, -0.1) is 11.3 Å². The van der Waals surface area contributed by atoms with E-state index in [4.69, 9.17) is 0 Å². The van der Waals surface area contributed by atoms with Gasteiger partial charge in [-0.3, -0.25) is 9.69 Å². The molecule has 7 heteroatoms. The Balaban J connectivity index is 1.25. The zero-order valence-electron chi connectivity index (χ0n) is 17.9. The summed E-state index contributed by atoms with van der Waals surface area (Å²) in [6, 6.07) is 20.0. The number of fused-ring (bicyclic) bond motifs is 1. The van der Waals surface area contributed by atoms with E-state index in [1.165, 1.54) is 0 Å². The molecule has 4 aromatic rings. The number of amides is 1. The predicted octanol–water partition coefficient (Wildman–Crippen LogP) is 4.51. The van der Waals surface area contributed by atoms with Crippen LogP contribution in [-0.2, 0) is 4.79 Å². The first-order valence-electron chi connectivity index (χ1n) is 10.8. The molecule has 0 radical (unpaired) electrons. The maximum atomic E-state index is 13.1. The normalized spacial score (nSPS) is 15.6. The SMILES string of the molecule is CC(C(=O)Nc1ccccc1-c1ccccc1)N1CCN(c2ncnc3sccc23)CC1. The molecule has 0 bridgehead atoms. The first kappa shape index (κ1) is 20.6. The topological polar surface area (TPSA) is 61.4 Å². The standard InChI is InChI=1S/C25H25N5OS/c1-18(24(31)28-22-10-6-5-9-20(22)19-7-3-2-4-8-19)29-12-14-30(15-13-29)23-21-11-16-32-25(21)27-17-26-23/h2-11,16-18H,12-15H2,1H3,(H,28,31). The second kappa shape index (κ2) is 9.06. The van der Waals surface area contributed by atoms with Crippen LogP contribution in [0.15, 0.2) is 72.4 Å². The Morgan fingerprint density at radius 1 is 0.969 bits per heavy atom. The molecule has 5 rings (SSSR count). The Morgan fingerprint density at radius 2 is 1.72 bits per heavy atom. The van der Waals surface area contributed by atoms with Crippen molar-refractivity contribution in [3.63, 3.8) is 0 Å². The lowest BCUT2D eigenvalue weighted by Gasteiger charge is -2.38. The number of nitrogens with zero attached hydrogens (tertiary/aromatic N) is 4. The third kappa shape index (κ3) is 4.09. The van der Waals surface area contributed by atoms with Crippen LogP contribution < -0.4 is 10.2 Å². The van der Waals surface area contributed by atoms with Gasteiger partial charge in [0, 0.05) is 37.4 Å². The molecular weight excluding hydrogens is 418 g/mol. The van der Waals surface area contributed by atoms with Crippen molar-refractivity contribution in [3.05, 3.63) is 72.4 Å². The van der Waals surface area contributed by atoms with E-state index in [-0.39, 0.29) is 11.9 Å². The van der Waals surface area contributed by atoms with E-state index >= 15 is 0 Å². The Bertz CT molecular complexity index is 1220. The molecule has 1 saturated heterocycles. The molecule has 1 fully saturated rings. The maximum absolute atomic E-state index is 13.1. The van der Waals surface area contributed by atoms with Crippen molar-refractivity contribution in [1.82, 2.24) is 14.9 Å². The molecule has 3 heterocycles. The molecule has 1 atom stereocenters. The summed E-state index contributed by atoms with van der Waals surface area (Å²) in [5, 5.41) is 6.32. The highest BCUT2D eigenvalue weighted by Crippen LogP contribution is 2.29. The monoisotopic (exact) mass is 443 g/mol. The molecule has 2 aromatic carbocycles. The summed E-state index contributed by atoms with van der Waals surface area (Å²) < 4.78 is 0. The van der Waals surface area contributed by atoms with Crippen LogP contribution >= 0.6 is 11.3 Å². The maximum Gasteiger partial charge on any atom is 0.241 e. The lowest BCUT2D eigenvalue weighted by Crippen LogP contribution is -2.53. The Labute approximate surface area is 191 Å². The Hall–Kier alpha value is -3.29. The lowest BCUT2D eigenvalue weighted by molar-refractivity contribution is -0.120. The number of nitrogens with one attached hydrogen (secondary N) is 1. The summed E-state index contributed by atoms with van der Waals surface area (Å²) in [6.07, 6.45) is 1.64. The fourth-order valence-corrected chi connectivity index (χ4v) is 4.94. The molecule has 1 N–H and O–H groups in total. The van der Waals surface area contributed by atoms with Crippen molar-refractivity contribution in [1.29, 1.82) is 0 Å². The third-order valence-electron chi connectivity index (χ3n) is 6.05. The molecule has 1 unspecified atom stereocenters. The van der Waals surface area contributed by atoms with E-state index in [0.29, 0.717) is 0 Å².